The summed E-state index contributed by atoms with van der Waals surface area (Å²) in [6, 6.07) is 0. The molecule has 0 amide bonds. The quantitative estimate of drug-likeness (QED) is 0.267. The Morgan fingerprint density at radius 3 is 2.65 bits per heavy atom. The van der Waals surface area contributed by atoms with Crippen LogP contribution in [0.15, 0.2) is 12.2 Å². The van der Waals surface area contributed by atoms with Crippen LogP contribution in [0.1, 0.15) is 32.1 Å². The maximum Gasteiger partial charge on any atom is 0.306 e. The maximum absolute atomic E-state index is 11.4. The Morgan fingerprint density at radius 1 is 1.12 bits per heavy atom. The van der Waals surface area contributed by atoms with Gasteiger partial charge in [0.2, 0.25) is 0 Å². The monoisotopic (exact) mass is 372 g/mol. The molecule has 2 bridgehead atoms. The normalized spacial score (nSPS) is 43.0. The van der Waals surface area contributed by atoms with Crippen LogP contribution in [0.2, 0.25) is 0 Å². The van der Waals surface area contributed by atoms with Crippen LogP contribution in [0, 0.1) is 11.8 Å². The molecule has 2 aliphatic heterocycles. The number of fused-ring (bicyclic) bond motifs is 2. The van der Waals surface area contributed by atoms with Crippen molar-refractivity contribution in [1.29, 1.82) is 0 Å². The molecule has 4 N–H and O–H groups in total. The number of ether oxygens (including phenoxy) is 3. The molecular formula is C18H28O8. The molecule has 0 aromatic carbocycles. The smallest absolute Gasteiger partial charge is 0.306 e. The van der Waals surface area contributed by atoms with Crippen LogP contribution in [-0.2, 0) is 19.0 Å². The molecule has 8 nitrogen and oxygen atoms in total. The Labute approximate surface area is 152 Å². The van der Waals surface area contributed by atoms with Gasteiger partial charge in [0.25, 0.3) is 0 Å². The average molecular weight is 372 g/mol. The Hall–Kier alpha value is -1.03. The molecule has 3 rings (SSSR count). The van der Waals surface area contributed by atoms with E-state index in [1.54, 1.807) is 0 Å². The Morgan fingerprint density at radius 2 is 1.92 bits per heavy atom. The highest BCUT2D eigenvalue weighted by Crippen LogP contribution is 2.42. The van der Waals surface area contributed by atoms with E-state index in [0.29, 0.717) is 24.7 Å². The molecule has 0 spiro atoms. The second kappa shape index (κ2) is 8.77. The SMILES string of the molecule is O=C1C[C@H]2CC[C@@H](O1)[C@@H]2C/C=C\CCO[C@@H]1O[C@H](CO)[C@@H](O)[C@H](O)[C@H]1O. The van der Waals surface area contributed by atoms with Gasteiger partial charge >= 0.3 is 5.97 Å². The predicted molar refractivity (Wildman–Crippen MR) is 88.8 cm³/mol. The number of allylic oxidation sites excluding steroid dienone is 1. The molecule has 0 aromatic heterocycles. The molecule has 0 radical (unpaired) electrons. The van der Waals surface area contributed by atoms with Gasteiger partial charge in [0, 0.05) is 12.3 Å². The van der Waals surface area contributed by atoms with Crippen LogP contribution in [0.5, 0.6) is 0 Å². The first-order chi connectivity index (χ1) is 12.5. The van der Waals surface area contributed by atoms with E-state index < -0.39 is 37.3 Å². The molecule has 8 atom stereocenters. The Bertz CT molecular complexity index is 491. The lowest BCUT2D eigenvalue weighted by Gasteiger charge is -2.39. The number of carbonyl (C=O) groups excluding carboxylic acids is 1. The van der Waals surface area contributed by atoms with E-state index >= 15 is 0 Å². The van der Waals surface area contributed by atoms with Gasteiger partial charge in [-0.25, -0.2) is 0 Å². The lowest BCUT2D eigenvalue weighted by atomic mass is 9.87. The molecular weight excluding hydrogens is 344 g/mol. The minimum Gasteiger partial charge on any atom is -0.462 e. The zero-order chi connectivity index (χ0) is 18.7. The van der Waals surface area contributed by atoms with Gasteiger partial charge in [0.1, 0.15) is 30.5 Å². The topological polar surface area (TPSA) is 126 Å². The molecule has 8 heteroatoms. The lowest BCUT2D eigenvalue weighted by Crippen LogP contribution is -2.59. The fourth-order valence-corrected chi connectivity index (χ4v) is 4.11. The van der Waals surface area contributed by atoms with E-state index in [2.05, 4.69) is 6.08 Å². The molecule has 26 heavy (non-hydrogen) atoms. The first kappa shape index (κ1) is 19.7. The standard InChI is InChI=1S/C18H28O8/c19-9-13-15(21)16(22)17(23)18(26-13)24-7-3-1-2-4-11-10-5-6-12(11)25-14(20)8-10/h1-2,10-13,15-19,21-23H,3-9H2/b2-1-/t10-,11-,12-,13-,15-,16+,17-,18-/m1/s1. The van der Waals surface area contributed by atoms with Crippen LogP contribution < -0.4 is 0 Å². The summed E-state index contributed by atoms with van der Waals surface area (Å²) in [5.41, 5.74) is 0. The molecule has 1 saturated carbocycles. The van der Waals surface area contributed by atoms with Crippen LogP contribution in [-0.4, -0.2) is 76.4 Å². The van der Waals surface area contributed by atoms with E-state index in [-0.39, 0.29) is 18.7 Å². The van der Waals surface area contributed by atoms with Gasteiger partial charge in [0.15, 0.2) is 6.29 Å². The third-order valence-corrected chi connectivity index (χ3v) is 5.61. The van der Waals surface area contributed by atoms with Crippen molar-refractivity contribution in [3.05, 3.63) is 12.2 Å². The molecule has 3 fully saturated rings. The highest BCUT2D eigenvalue weighted by Gasteiger charge is 2.44. The fraction of sp³-hybridized carbons (Fsp3) is 0.833. The van der Waals surface area contributed by atoms with Crippen molar-refractivity contribution in [1.82, 2.24) is 0 Å². The van der Waals surface area contributed by atoms with Crippen molar-refractivity contribution in [3.8, 4) is 0 Å². The summed E-state index contributed by atoms with van der Waals surface area (Å²) in [5, 5.41) is 38.4. The third-order valence-electron chi connectivity index (χ3n) is 5.61. The van der Waals surface area contributed by atoms with Crippen molar-refractivity contribution >= 4 is 5.97 Å². The van der Waals surface area contributed by atoms with Gasteiger partial charge in [-0.3, -0.25) is 4.79 Å². The van der Waals surface area contributed by atoms with Crippen LogP contribution in [0.3, 0.4) is 0 Å². The fourth-order valence-electron chi connectivity index (χ4n) is 4.11. The second-order valence-corrected chi connectivity index (χ2v) is 7.30. The van der Waals surface area contributed by atoms with E-state index in [9.17, 15) is 20.1 Å². The highest BCUT2D eigenvalue weighted by atomic mass is 16.7. The summed E-state index contributed by atoms with van der Waals surface area (Å²) in [5.74, 6) is 0.747. The number of hydrogen-bond acceptors (Lipinski definition) is 8. The summed E-state index contributed by atoms with van der Waals surface area (Å²) in [6.45, 7) is -0.204. The second-order valence-electron chi connectivity index (χ2n) is 7.30. The van der Waals surface area contributed by atoms with E-state index in [1.807, 2.05) is 6.08 Å². The molecule has 2 heterocycles. The number of esters is 1. The summed E-state index contributed by atoms with van der Waals surface area (Å²) in [4.78, 5) is 11.4. The molecule has 0 aromatic rings. The van der Waals surface area contributed by atoms with Crippen molar-refractivity contribution in [3.63, 3.8) is 0 Å². The molecule has 0 unspecified atom stereocenters. The van der Waals surface area contributed by atoms with Crippen LogP contribution >= 0.6 is 0 Å². The van der Waals surface area contributed by atoms with Gasteiger partial charge in [-0.1, -0.05) is 12.2 Å². The summed E-state index contributed by atoms with van der Waals surface area (Å²) in [7, 11) is 0. The predicted octanol–water partition coefficient (Wildman–Crippen LogP) is -0.519. The van der Waals surface area contributed by atoms with Gasteiger partial charge in [-0.2, -0.15) is 0 Å². The summed E-state index contributed by atoms with van der Waals surface area (Å²) >= 11 is 0. The van der Waals surface area contributed by atoms with E-state index in [1.165, 1.54) is 0 Å². The van der Waals surface area contributed by atoms with Gasteiger partial charge in [-0.15, -0.1) is 0 Å². The van der Waals surface area contributed by atoms with Crippen molar-refractivity contribution in [2.45, 2.75) is 68.9 Å². The lowest BCUT2D eigenvalue weighted by molar-refractivity contribution is -0.300. The zero-order valence-corrected chi connectivity index (χ0v) is 14.6. The number of aliphatic hydroxyl groups excluding tert-OH is 4. The largest absolute Gasteiger partial charge is 0.462 e. The minimum atomic E-state index is -1.43. The van der Waals surface area contributed by atoms with Gasteiger partial charge in [-0.05, 0) is 31.6 Å². The first-order valence-corrected chi connectivity index (χ1v) is 9.28. The maximum atomic E-state index is 11.4. The number of aliphatic hydroxyl groups is 4. The third kappa shape index (κ3) is 4.27. The van der Waals surface area contributed by atoms with Gasteiger partial charge in [0.05, 0.1) is 13.2 Å². The van der Waals surface area contributed by atoms with Crippen LogP contribution in [0.25, 0.3) is 0 Å². The van der Waals surface area contributed by atoms with Crippen molar-refractivity contribution in [2.24, 2.45) is 11.8 Å². The zero-order valence-electron chi connectivity index (χ0n) is 14.6. The molecule has 1 aliphatic carbocycles. The van der Waals surface area contributed by atoms with E-state index in [0.717, 1.165) is 19.3 Å². The van der Waals surface area contributed by atoms with Crippen molar-refractivity contribution in [2.75, 3.05) is 13.2 Å². The molecule has 148 valence electrons. The average Bonchev–Trinajstić information content (AvgIpc) is 2.87. The van der Waals surface area contributed by atoms with Gasteiger partial charge < -0.3 is 34.6 Å². The molecule has 2 saturated heterocycles. The molecule has 3 aliphatic rings. The van der Waals surface area contributed by atoms with E-state index in [4.69, 9.17) is 19.3 Å². The highest BCUT2D eigenvalue weighted by molar-refractivity contribution is 5.71. The summed E-state index contributed by atoms with van der Waals surface area (Å²) < 4.78 is 16.1. The Kier molecular flexibility index (Phi) is 6.65. The first-order valence-electron chi connectivity index (χ1n) is 9.28. The number of rotatable bonds is 7. The number of carbonyl (C=O) groups is 1. The minimum absolute atomic E-state index is 0.0521. The Balaban J connectivity index is 1.37. The van der Waals surface area contributed by atoms with Crippen molar-refractivity contribution < 1.29 is 39.4 Å². The number of hydrogen-bond donors (Lipinski definition) is 4. The van der Waals surface area contributed by atoms with Crippen LogP contribution in [0.4, 0.5) is 0 Å². The summed E-state index contributed by atoms with van der Waals surface area (Å²) in [6.07, 6.45) is 1.84.